The summed E-state index contributed by atoms with van der Waals surface area (Å²) in [7, 11) is 1.28. The molecule has 1 aromatic carbocycles. The number of benzene rings is 1. The fourth-order valence-electron chi connectivity index (χ4n) is 1.33. The van der Waals surface area contributed by atoms with Gasteiger partial charge < -0.3 is 26.3 Å². The summed E-state index contributed by atoms with van der Waals surface area (Å²) in [6.45, 7) is 0.414. The lowest BCUT2D eigenvalue weighted by molar-refractivity contribution is 0.0601. The van der Waals surface area contributed by atoms with Crippen LogP contribution in [0.2, 0.25) is 0 Å². The van der Waals surface area contributed by atoms with Gasteiger partial charge in [0.1, 0.15) is 6.61 Å². The van der Waals surface area contributed by atoms with Crippen molar-refractivity contribution in [2.24, 2.45) is 5.73 Å². The third-order valence-corrected chi connectivity index (χ3v) is 2.11. The monoisotopic (exact) mass is 253 g/mol. The van der Waals surface area contributed by atoms with E-state index in [9.17, 15) is 9.59 Å². The Morgan fingerprint density at radius 3 is 2.72 bits per heavy atom. The number of amides is 1. The van der Waals surface area contributed by atoms with Crippen molar-refractivity contribution in [3.8, 4) is 0 Å². The maximum absolute atomic E-state index is 11.5. The van der Waals surface area contributed by atoms with Crippen molar-refractivity contribution in [3.05, 3.63) is 23.8 Å². The number of primary amides is 1. The van der Waals surface area contributed by atoms with E-state index in [4.69, 9.17) is 11.5 Å². The van der Waals surface area contributed by atoms with Crippen LogP contribution in [0.4, 0.5) is 16.2 Å². The van der Waals surface area contributed by atoms with Crippen LogP contribution in [0, 0.1) is 0 Å². The zero-order valence-electron chi connectivity index (χ0n) is 9.93. The number of rotatable bonds is 5. The number of ether oxygens (including phenoxy) is 2. The molecule has 0 aliphatic heterocycles. The minimum atomic E-state index is -0.845. The highest BCUT2D eigenvalue weighted by Gasteiger charge is 2.11. The zero-order chi connectivity index (χ0) is 13.5. The summed E-state index contributed by atoms with van der Waals surface area (Å²) in [5, 5.41) is 2.92. The molecule has 0 radical (unpaired) electrons. The molecule has 0 bridgehead atoms. The van der Waals surface area contributed by atoms with Crippen LogP contribution >= 0.6 is 0 Å². The lowest BCUT2D eigenvalue weighted by atomic mass is 10.1. The van der Waals surface area contributed by atoms with Gasteiger partial charge in [0.2, 0.25) is 0 Å². The van der Waals surface area contributed by atoms with Crippen LogP contribution < -0.4 is 16.8 Å². The Balaban J connectivity index is 2.69. The molecule has 0 spiro atoms. The number of nitrogens with one attached hydrogen (secondary N) is 1. The first kappa shape index (κ1) is 13.6. The lowest BCUT2D eigenvalue weighted by Crippen LogP contribution is -2.19. The summed E-state index contributed by atoms with van der Waals surface area (Å²) >= 11 is 0. The Hall–Kier alpha value is -2.44. The van der Waals surface area contributed by atoms with Crippen molar-refractivity contribution >= 4 is 23.4 Å². The number of methoxy groups -OCH3 is 1. The largest absolute Gasteiger partial charge is 0.465 e. The van der Waals surface area contributed by atoms with Crippen LogP contribution in [-0.2, 0) is 9.47 Å². The number of anilines is 2. The van der Waals surface area contributed by atoms with Gasteiger partial charge in [-0.15, -0.1) is 0 Å². The average Bonchev–Trinajstić information content (AvgIpc) is 2.34. The van der Waals surface area contributed by atoms with Gasteiger partial charge >= 0.3 is 12.1 Å². The summed E-state index contributed by atoms with van der Waals surface area (Å²) in [4.78, 5) is 21.9. The van der Waals surface area contributed by atoms with Crippen LogP contribution in [0.3, 0.4) is 0 Å². The number of esters is 1. The Morgan fingerprint density at radius 1 is 1.39 bits per heavy atom. The Kier molecular flexibility index (Phi) is 4.79. The van der Waals surface area contributed by atoms with Gasteiger partial charge in [-0.2, -0.15) is 0 Å². The highest BCUT2D eigenvalue weighted by atomic mass is 16.5. The maximum Gasteiger partial charge on any atom is 0.404 e. The fraction of sp³-hybridized carbons (Fsp3) is 0.273. The molecule has 7 heteroatoms. The van der Waals surface area contributed by atoms with Crippen molar-refractivity contribution in [3.63, 3.8) is 0 Å². The van der Waals surface area contributed by atoms with Gasteiger partial charge in [0, 0.05) is 17.9 Å². The number of carbonyl (C=O) groups is 2. The highest BCUT2D eigenvalue weighted by Crippen LogP contribution is 2.19. The topological polar surface area (TPSA) is 117 Å². The molecule has 18 heavy (non-hydrogen) atoms. The molecule has 0 saturated heterocycles. The Morgan fingerprint density at radius 2 is 2.11 bits per heavy atom. The third-order valence-electron chi connectivity index (χ3n) is 2.11. The van der Waals surface area contributed by atoms with Crippen LogP contribution in [0.25, 0.3) is 0 Å². The Bertz CT molecular complexity index is 448. The molecule has 0 fully saturated rings. The van der Waals surface area contributed by atoms with E-state index in [0.717, 1.165) is 0 Å². The second-order valence-corrected chi connectivity index (χ2v) is 3.39. The van der Waals surface area contributed by atoms with E-state index in [1.807, 2.05) is 0 Å². The van der Waals surface area contributed by atoms with Crippen molar-refractivity contribution in [2.45, 2.75) is 0 Å². The molecule has 0 aliphatic rings. The maximum atomic E-state index is 11.5. The molecule has 1 rings (SSSR count). The number of nitrogens with two attached hydrogens (primary N) is 2. The summed E-state index contributed by atoms with van der Waals surface area (Å²) < 4.78 is 9.19. The summed E-state index contributed by atoms with van der Waals surface area (Å²) in [6, 6.07) is 4.79. The van der Waals surface area contributed by atoms with Gasteiger partial charge in [-0.05, 0) is 18.2 Å². The van der Waals surface area contributed by atoms with Gasteiger partial charge in [-0.1, -0.05) is 0 Å². The molecule has 0 saturated carbocycles. The first-order valence-electron chi connectivity index (χ1n) is 5.18. The van der Waals surface area contributed by atoms with E-state index < -0.39 is 12.1 Å². The zero-order valence-corrected chi connectivity index (χ0v) is 9.93. The van der Waals surface area contributed by atoms with E-state index in [1.165, 1.54) is 13.2 Å². The van der Waals surface area contributed by atoms with E-state index in [1.54, 1.807) is 12.1 Å². The van der Waals surface area contributed by atoms with E-state index in [0.29, 0.717) is 23.5 Å². The van der Waals surface area contributed by atoms with Gasteiger partial charge in [0.05, 0.1) is 12.7 Å². The molecule has 0 aromatic heterocycles. The average molecular weight is 253 g/mol. The van der Waals surface area contributed by atoms with E-state index in [2.05, 4.69) is 14.8 Å². The van der Waals surface area contributed by atoms with E-state index >= 15 is 0 Å². The summed E-state index contributed by atoms with van der Waals surface area (Å²) in [5.74, 6) is -0.499. The van der Waals surface area contributed by atoms with Crippen LogP contribution in [0.15, 0.2) is 18.2 Å². The van der Waals surface area contributed by atoms with Crippen molar-refractivity contribution < 1.29 is 19.1 Å². The number of nitrogen functional groups attached to an aromatic ring is 1. The van der Waals surface area contributed by atoms with Gasteiger partial charge in [-0.3, -0.25) is 0 Å². The second-order valence-electron chi connectivity index (χ2n) is 3.39. The first-order valence-corrected chi connectivity index (χ1v) is 5.18. The summed E-state index contributed by atoms with van der Waals surface area (Å²) in [6.07, 6.45) is -0.845. The van der Waals surface area contributed by atoms with Gasteiger partial charge in [-0.25, -0.2) is 9.59 Å². The Labute approximate surface area is 104 Å². The SMILES string of the molecule is COC(=O)c1cc(N)ccc1NCCOC(N)=O. The molecule has 98 valence electrons. The predicted molar refractivity (Wildman–Crippen MR) is 66.2 cm³/mol. The molecule has 1 amide bonds. The fourth-order valence-corrected chi connectivity index (χ4v) is 1.33. The van der Waals surface area contributed by atoms with Crippen molar-refractivity contribution in [1.82, 2.24) is 0 Å². The molecule has 5 N–H and O–H groups in total. The molecule has 0 heterocycles. The standard InChI is InChI=1S/C11H15N3O4/c1-17-10(15)8-6-7(12)2-3-9(8)14-4-5-18-11(13)16/h2-3,6,14H,4-5,12H2,1H3,(H2,13,16). The molecular weight excluding hydrogens is 238 g/mol. The number of hydrogen-bond donors (Lipinski definition) is 3. The normalized spacial score (nSPS) is 9.61. The molecule has 7 nitrogen and oxygen atoms in total. The van der Waals surface area contributed by atoms with Crippen LogP contribution in [0.1, 0.15) is 10.4 Å². The van der Waals surface area contributed by atoms with Gasteiger partial charge in [0.15, 0.2) is 0 Å². The third kappa shape index (κ3) is 3.85. The number of hydrogen-bond acceptors (Lipinski definition) is 6. The quantitative estimate of drug-likeness (QED) is 0.401. The predicted octanol–water partition coefficient (Wildman–Crippen LogP) is 0.563. The molecule has 0 unspecified atom stereocenters. The molecule has 0 atom stereocenters. The van der Waals surface area contributed by atoms with Crippen molar-refractivity contribution in [2.75, 3.05) is 31.3 Å². The smallest absolute Gasteiger partial charge is 0.404 e. The highest BCUT2D eigenvalue weighted by molar-refractivity contribution is 5.96. The lowest BCUT2D eigenvalue weighted by Gasteiger charge is -2.11. The minimum absolute atomic E-state index is 0.0975. The first-order chi connectivity index (χ1) is 8.54. The van der Waals surface area contributed by atoms with Crippen LogP contribution in [0.5, 0.6) is 0 Å². The molecule has 0 aliphatic carbocycles. The number of carbonyl (C=O) groups excluding carboxylic acids is 2. The van der Waals surface area contributed by atoms with Gasteiger partial charge in [0.25, 0.3) is 0 Å². The minimum Gasteiger partial charge on any atom is -0.465 e. The second kappa shape index (κ2) is 6.33. The van der Waals surface area contributed by atoms with E-state index in [-0.39, 0.29) is 6.61 Å². The van der Waals surface area contributed by atoms with Crippen molar-refractivity contribution in [1.29, 1.82) is 0 Å². The summed E-state index contributed by atoms with van der Waals surface area (Å²) in [5.41, 5.74) is 11.7. The molecular formula is C11H15N3O4. The molecule has 1 aromatic rings. The van der Waals surface area contributed by atoms with Crippen LogP contribution in [-0.4, -0.2) is 32.3 Å².